The van der Waals surface area contributed by atoms with E-state index in [9.17, 15) is 0 Å². The molecule has 0 saturated heterocycles. The summed E-state index contributed by atoms with van der Waals surface area (Å²) in [5.41, 5.74) is 9.28. The van der Waals surface area contributed by atoms with Gasteiger partial charge in [-0.2, -0.15) is 20.2 Å². The number of methoxy groups -OCH3 is 1. The molecule has 0 aliphatic heterocycles. The van der Waals surface area contributed by atoms with Crippen molar-refractivity contribution in [2.45, 2.75) is 51.4 Å². The van der Waals surface area contributed by atoms with Crippen LogP contribution in [0.5, 0.6) is 5.75 Å². The predicted molar refractivity (Wildman–Crippen MR) is 117 cm³/mol. The average molecular weight is 393 g/mol. The van der Waals surface area contributed by atoms with E-state index < -0.39 is 0 Å². The van der Waals surface area contributed by atoms with E-state index >= 15 is 0 Å². The van der Waals surface area contributed by atoms with Crippen molar-refractivity contribution in [3.63, 3.8) is 0 Å². The van der Waals surface area contributed by atoms with Crippen molar-refractivity contribution in [2.75, 3.05) is 23.3 Å². The summed E-state index contributed by atoms with van der Waals surface area (Å²) in [5, 5.41) is 12.3. The maximum absolute atomic E-state index is 5.43. The highest BCUT2D eigenvalue weighted by Crippen LogP contribution is 2.27. The highest BCUT2D eigenvalue weighted by Gasteiger charge is 2.11. The minimum absolute atomic E-state index is 0.429. The van der Waals surface area contributed by atoms with Crippen molar-refractivity contribution in [1.82, 2.24) is 9.97 Å². The average Bonchev–Trinajstić information content (AvgIpc) is 3.45. The molecule has 29 heavy (non-hydrogen) atoms. The van der Waals surface area contributed by atoms with E-state index in [-0.39, 0.29) is 0 Å². The van der Waals surface area contributed by atoms with E-state index in [4.69, 9.17) is 4.74 Å². The number of rotatable bonds is 7. The quantitative estimate of drug-likeness (QED) is 0.578. The summed E-state index contributed by atoms with van der Waals surface area (Å²) in [5.74, 6) is 2.42. The lowest BCUT2D eigenvalue weighted by molar-refractivity contribution is 0.417. The molecule has 0 amide bonds. The lowest BCUT2D eigenvalue weighted by Gasteiger charge is -2.12. The minimum Gasteiger partial charge on any atom is -0.495 e. The van der Waals surface area contributed by atoms with Crippen LogP contribution in [0.1, 0.15) is 51.4 Å². The zero-order valence-electron chi connectivity index (χ0n) is 16.7. The molecule has 8 heteroatoms. The third-order valence-corrected chi connectivity index (χ3v) is 5.10. The number of hydrogen-bond acceptors (Lipinski definition) is 8. The van der Waals surface area contributed by atoms with Crippen LogP contribution < -0.4 is 20.9 Å². The van der Waals surface area contributed by atoms with Gasteiger partial charge in [-0.05, 0) is 63.5 Å². The largest absolute Gasteiger partial charge is 0.495 e. The number of aromatic nitrogens is 2. The van der Waals surface area contributed by atoms with Crippen molar-refractivity contribution in [2.24, 2.45) is 10.2 Å². The molecular formula is C21H27N7O. The number of hydrazone groups is 2. The Labute approximate surface area is 170 Å². The molecule has 1 aromatic heterocycles. The molecule has 0 bridgehead atoms. The fourth-order valence-electron chi connectivity index (χ4n) is 3.56. The van der Waals surface area contributed by atoms with Crippen molar-refractivity contribution in [1.29, 1.82) is 0 Å². The van der Waals surface area contributed by atoms with E-state index in [2.05, 4.69) is 36.3 Å². The van der Waals surface area contributed by atoms with Crippen LogP contribution >= 0.6 is 0 Å². The molecule has 2 aromatic rings. The fraction of sp³-hybridized carbons (Fsp3) is 0.429. The molecule has 8 nitrogen and oxygen atoms in total. The molecular weight excluding hydrogens is 366 g/mol. The van der Waals surface area contributed by atoms with Crippen LogP contribution in [0.3, 0.4) is 0 Å². The van der Waals surface area contributed by atoms with Gasteiger partial charge in [-0.25, -0.2) is 5.43 Å². The van der Waals surface area contributed by atoms with Gasteiger partial charge < -0.3 is 10.1 Å². The van der Waals surface area contributed by atoms with Gasteiger partial charge in [0.2, 0.25) is 5.95 Å². The first-order valence-electron chi connectivity index (χ1n) is 10.2. The van der Waals surface area contributed by atoms with Crippen molar-refractivity contribution >= 4 is 34.7 Å². The van der Waals surface area contributed by atoms with Crippen LogP contribution in [0.2, 0.25) is 0 Å². The van der Waals surface area contributed by atoms with E-state index in [1.165, 1.54) is 31.4 Å². The molecule has 2 fully saturated rings. The van der Waals surface area contributed by atoms with Gasteiger partial charge in [0.25, 0.3) is 0 Å². The Kier molecular flexibility index (Phi) is 6.19. The van der Waals surface area contributed by atoms with Crippen LogP contribution in [-0.4, -0.2) is 28.5 Å². The number of nitrogens with one attached hydrogen (secondary N) is 3. The number of para-hydroxylation sites is 2. The topological polar surface area (TPSA) is 95.8 Å². The van der Waals surface area contributed by atoms with E-state index in [1.54, 1.807) is 7.11 Å². The number of benzene rings is 1. The highest BCUT2D eigenvalue weighted by atomic mass is 16.5. The summed E-state index contributed by atoms with van der Waals surface area (Å²) < 4.78 is 5.43. The first-order chi connectivity index (χ1) is 14.3. The second-order valence-corrected chi connectivity index (χ2v) is 7.28. The molecule has 1 heterocycles. The standard InChI is InChI=1S/C21H27N7O/c1-29-18-13-7-6-12-17(18)22-19-14-20(27-25-15-8-2-3-9-15)24-21(23-19)28-26-16-10-4-5-11-16/h6-7,12-14H,2-5,8-11H2,1H3,(H3,22,23,24,27,28). The third-order valence-electron chi connectivity index (χ3n) is 5.10. The SMILES string of the molecule is COc1ccccc1Nc1cc(NN=C2CCCC2)nc(NN=C2CCCC2)n1. The van der Waals surface area contributed by atoms with Crippen LogP contribution in [0.15, 0.2) is 40.5 Å². The van der Waals surface area contributed by atoms with E-state index in [0.29, 0.717) is 17.6 Å². The molecule has 2 saturated carbocycles. The minimum atomic E-state index is 0.429. The molecule has 3 N–H and O–H groups in total. The Hall–Kier alpha value is -3.16. The van der Waals surface area contributed by atoms with Crippen LogP contribution in [-0.2, 0) is 0 Å². The Bertz CT molecular complexity index is 847. The lowest BCUT2D eigenvalue weighted by Crippen LogP contribution is -2.06. The third kappa shape index (κ3) is 5.22. The van der Waals surface area contributed by atoms with Gasteiger partial charge in [-0.15, -0.1) is 0 Å². The number of nitrogens with zero attached hydrogens (tertiary/aromatic N) is 4. The van der Waals surface area contributed by atoms with Crippen molar-refractivity contribution < 1.29 is 4.74 Å². The van der Waals surface area contributed by atoms with Crippen LogP contribution in [0.25, 0.3) is 0 Å². The van der Waals surface area contributed by atoms with Gasteiger partial charge >= 0.3 is 0 Å². The molecule has 0 atom stereocenters. The summed E-state index contributed by atoms with van der Waals surface area (Å²) in [4.78, 5) is 9.08. The number of hydrogen-bond donors (Lipinski definition) is 3. The summed E-state index contributed by atoms with van der Waals surface area (Å²) in [6.45, 7) is 0. The van der Waals surface area contributed by atoms with Gasteiger partial charge in [0, 0.05) is 17.5 Å². The highest BCUT2D eigenvalue weighted by molar-refractivity contribution is 5.87. The van der Waals surface area contributed by atoms with Crippen molar-refractivity contribution in [3.05, 3.63) is 30.3 Å². The smallest absolute Gasteiger partial charge is 0.247 e. The second kappa shape index (κ2) is 9.36. The van der Waals surface area contributed by atoms with Gasteiger partial charge in [0.05, 0.1) is 12.8 Å². The Morgan fingerprint density at radius 1 is 0.828 bits per heavy atom. The monoisotopic (exact) mass is 393 g/mol. The maximum Gasteiger partial charge on any atom is 0.247 e. The Balaban J connectivity index is 1.57. The second-order valence-electron chi connectivity index (χ2n) is 7.28. The van der Waals surface area contributed by atoms with Crippen LogP contribution in [0, 0.1) is 0 Å². The molecule has 4 rings (SSSR count). The van der Waals surface area contributed by atoms with Gasteiger partial charge in [0.15, 0.2) is 5.82 Å². The van der Waals surface area contributed by atoms with Gasteiger partial charge in [-0.1, -0.05) is 12.1 Å². The van der Waals surface area contributed by atoms with E-state index in [1.807, 2.05) is 30.3 Å². The van der Waals surface area contributed by atoms with Gasteiger partial charge in [-0.3, -0.25) is 5.43 Å². The Morgan fingerprint density at radius 3 is 2.14 bits per heavy atom. The summed E-state index contributed by atoms with van der Waals surface area (Å²) in [7, 11) is 1.65. The molecule has 152 valence electrons. The first kappa shape index (κ1) is 19.2. The normalized spacial score (nSPS) is 15.9. The zero-order valence-corrected chi connectivity index (χ0v) is 16.7. The van der Waals surface area contributed by atoms with Crippen LogP contribution in [0.4, 0.5) is 23.3 Å². The summed E-state index contributed by atoms with van der Waals surface area (Å²) >= 11 is 0. The van der Waals surface area contributed by atoms with Crippen molar-refractivity contribution in [3.8, 4) is 5.75 Å². The molecule has 0 spiro atoms. The van der Waals surface area contributed by atoms with E-state index in [0.717, 1.165) is 42.8 Å². The van der Waals surface area contributed by atoms with Gasteiger partial charge in [0.1, 0.15) is 11.6 Å². The lowest BCUT2D eigenvalue weighted by atomic mass is 10.3. The number of anilines is 4. The summed E-state index contributed by atoms with van der Waals surface area (Å²) in [6, 6.07) is 9.56. The molecule has 0 unspecified atom stereocenters. The molecule has 2 aliphatic rings. The first-order valence-corrected chi connectivity index (χ1v) is 10.2. The maximum atomic E-state index is 5.43. The Morgan fingerprint density at radius 2 is 1.45 bits per heavy atom. The summed E-state index contributed by atoms with van der Waals surface area (Å²) in [6.07, 6.45) is 8.95. The number of ether oxygens (including phenoxy) is 1. The fourth-order valence-corrected chi connectivity index (χ4v) is 3.56. The molecule has 0 radical (unpaired) electrons. The molecule has 1 aromatic carbocycles. The zero-order chi connectivity index (χ0) is 19.9. The molecule has 2 aliphatic carbocycles. The predicted octanol–water partition coefficient (Wildman–Crippen LogP) is 4.91.